The van der Waals surface area contributed by atoms with Crippen molar-refractivity contribution < 1.29 is 9.18 Å². The molecule has 0 aliphatic rings. The number of nitrogens with zero attached hydrogens (tertiary/aromatic N) is 2. The molecule has 0 fully saturated rings. The Morgan fingerprint density at radius 3 is 2.17 bits per heavy atom. The fraction of sp³-hybridized carbons (Fsp3) is 0. The molecular weight excluding hydrogens is 295 g/mol. The highest BCUT2D eigenvalue weighted by Gasteiger charge is 2.06. The summed E-state index contributed by atoms with van der Waals surface area (Å²) in [4.78, 5) is 19.1. The summed E-state index contributed by atoms with van der Waals surface area (Å²) < 4.78 is 13.8. The zero-order valence-electron chi connectivity index (χ0n) is 12.0. The van der Waals surface area contributed by atoms with Crippen LogP contribution < -0.4 is 11.1 Å². The average molecular weight is 308 g/mol. The fourth-order valence-electron chi connectivity index (χ4n) is 2.18. The number of urea groups is 1. The van der Waals surface area contributed by atoms with Crippen LogP contribution in [-0.2, 0) is 0 Å². The van der Waals surface area contributed by atoms with Gasteiger partial charge in [-0.3, -0.25) is 0 Å². The van der Waals surface area contributed by atoms with E-state index in [0.29, 0.717) is 17.1 Å². The van der Waals surface area contributed by atoms with Gasteiger partial charge in [-0.1, -0.05) is 42.5 Å². The van der Waals surface area contributed by atoms with Gasteiger partial charge in [0.1, 0.15) is 5.82 Å². The molecule has 0 spiro atoms. The van der Waals surface area contributed by atoms with Crippen molar-refractivity contribution in [2.24, 2.45) is 5.73 Å². The van der Waals surface area contributed by atoms with E-state index >= 15 is 0 Å². The van der Waals surface area contributed by atoms with Crippen LogP contribution in [0.15, 0.2) is 60.9 Å². The van der Waals surface area contributed by atoms with Crippen molar-refractivity contribution >= 4 is 11.7 Å². The van der Waals surface area contributed by atoms with Crippen molar-refractivity contribution in [2.75, 3.05) is 5.32 Å². The standard InChI is InChI=1S/C17H13FN4O/c18-15-4-2-1-3-14(15)11-5-7-12(8-6-11)16-20-9-13(10-21-16)22-17(19)23/h1-10H,(H3,19,22,23). The topological polar surface area (TPSA) is 80.9 Å². The molecule has 0 saturated heterocycles. The first-order valence-electron chi connectivity index (χ1n) is 6.87. The van der Waals surface area contributed by atoms with E-state index in [2.05, 4.69) is 15.3 Å². The number of aromatic nitrogens is 2. The van der Waals surface area contributed by atoms with Crippen LogP contribution in [0.1, 0.15) is 0 Å². The Kier molecular flexibility index (Phi) is 3.97. The van der Waals surface area contributed by atoms with Gasteiger partial charge in [0.15, 0.2) is 5.82 Å². The smallest absolute Gasteiger partial charge is 0.316 e. The maximum Gasteiger partial charge on any atom is 0.316 e. The molecule has 1 heterocycles. The van der Waals surface area contributed by atoms with Gasteiger partial charge in [0.05, 0.1) is 18.1 Å². The lowest BCUT2D eigenvalue weighted by Crippen LogP contribution is -2.19. The molecule has 0 saturated carbocycles. The Morgan fingerprint density at radius 2 is 1.57 bits per heavy atom. The lowest BCUT2D eigenvalue weighted by Gasteiger charge is -2.06. The quantitative estimate of drug-likeness (QED) is 0.777. The summed E-state index contributed by atoms with van der Waals surface area (Å²) in [5.74, 6) is 0.235. The van der Waals surface area contributed by atoms with Crippen molar-refractivity contribution in [3.63, 3.8) is 0 Å². The molecule has 0 unspecified atom stereocenters. The van der Waals surface area contributed by atoms with Crippen molar-refractivity contribution in [1.29, 1.82) is 0 Å². The molecule has 1 aromatic heterocycles. The van der Waals surface area contributed by atoms with Gasteiger partial charge >= 0.3 is 6.03 Å². The van der Waals surface area contributed by atoms with Crippen molar-refractivity contribution in [3.8, 4) is 22.5 Å². The Labute approximate surface area is 132 Å². The van der Waals surface area contributed by atoms with Crippen LogP contribution in [0.5, 0.6) is 0 Å². The Hall–Kier alpha value is -3.28. The molecule has 6 heteroatoms. The minimum atomic E-state index is -0.671. The van der Waals surface area contributed by atoms with E-state index in [1.165, 1.54) is 18.5 Å². The zero-order chi connectivity index (χ0) is 16.2. The van der Waals surface area contributed by atoms with Gasteiger partial charge in [-0.25, -0.2) is 19.2 Å². The molecule has 3 N–H and O–H groups in total. The number of rotatable bonds is 3. The minimum Gasteiger partial charge on any atom is -0.351 e. The third-order valence-corrected chi connectivity index (χ3v) is 3.25. The number of primary amides is 1. The molecule has 5 nitrogen and oxygen atoms in total. The second-order valence-corrected chi connectivity index (χ2v) is 4.84. The highest BCUT2D eigenvalue weighted by Crippen LogP contribution is 2.25. The molecule has 0 aliphatic carbocycles. The summed E-state index contributed by atoms with van der Waals surface area (Å²) in [7, 11) is 0. The van der Waals surface area contributed by atoms with E-state index in [9.17, 15) is 9.18 Å². The molecule has 0 atom stereocenters. The highest BCUT2D eigenvalue weighted by molar-refractivity contribution is 5.87. The number of carbonyl (C=O) groups excluding carboxylic acids is 1. The lowest BCUT2D eigenvalue weighted by atomic mass is 10.0. The third kappa shape index (κ3) is 3.32. The molecule has 23 heavy (non-hydrogen) atoms. The molecule has 0 bridgehead atoms. The maximum absolute atomic E-state index is 13.8. The van der Waals surface area contributed by atoms with E-state index in [0.717, 1.165) is 11.1 Å². The third-order valence-electron chi connectivity index (χ3n) is 3.25. The van der Waals surface area contributed by atoms with Crippen molar-refractivity contribution in [1.82, 2.24) is 9.97 Å². The van der Waals surface area contributed by atoms with Gasteiger partial charge in [-0.2, -0.15) is 0 Å². The van der Waals surface area contributed by atoms with Gasteiger partial charge in [0, 0.05) is 11.1 Å². The Morgan fingerprint density at radius 1 is 0.957 bits per heavy atom. The van der Waals surface area contributed by atoms with Crippen LogP contribution in [0.3, 0.4) is 0 Å². The predicted molar refractivity (Wildman–Crippen MR) is 86.1 cm³/mol. The van der Waals surface area contributed by atoms with Gasteiger partial charge in [0.2, 0.25) is 0 Å². The fourth-order valence-corrected chi connectivity index (χ4v) is 2.18. The van der Waals surface area contributed by atoms with Crippen LogP contribution in [0.2, 0.25) is 0 Å². The number of nitrogens with one attached hydrogen (secondary N) is 1. The summed E-state index contributed by atoms with van der Waals surface area (Å²) in [6, 6.07) is 13.2. The number of benzene rings is 2. The normalized spacial score (nSPS) is 10.3. The minimum absolute atomic E-state index is 0.265. The summed E-state index contributed by atoms with van der Waals surface area (Å²) in [6.07, 6.45) is 2.94. The van der Waals surface area contributed by atoms with E-state index in [4.69, 9.17) is 5.73 Å². The second kappa shape index (κ2) is 6.23. The summed E-state index contributed by atoms with van der Waals surface area (Å²) in [5.41, 5.74) is 7.55. The molecule has 0 radical (unpaired) electrons. The number of nitrogens with two attached hydrogens (primary N) is 1. The van der Waals surface area contributed by atoms with Crippen molar-refractivity contribution in [3.05, 3.63) is 66.7 Å². The summed E-state index contributed by atoms with van der Waals surface area (Å²) in [6.45, 7) is 0. The molecule has 3 aromatic rings. The number of amides is 2. The highest BCUT2D eigenvalue weighted by atomic mass is 19.1. The van der Waals surface area contributed by atoms with Gasteiger partial charge < -0.3 is 11.1 Å². The van der Waals surface area contributed by atoms with Gasteiger partial charge in [-0.05, 0) is 11.6 Å². The molecule has 2 aromatic carbocycles. The SMILES string of the molecule is NC(=O)Nc1cnc(-c2ccc(-c3ccccc3F)cc2)nc1. The number of hydrogen-bond acceptors (Lipinski definition) is 3. The molecule has 3 rings (SSSR count). The largest absolute Gasteiger partial charge is 0.351 e. The molecule has 114 valence electrons. The first-order chi connectivity index (χ1) is 11.1. The average Bonchev–Trinajstić information content (AvgIpc) is 2.56. The number of halogens is 1. The Balaban J connectivity index is 1.85. The van der Waals surface area contributed by atoms with E-state index in [1.807, 2.05) is 24.3 Å². The van der Waals surface area contributed by atoms with Crippen LogP contribution in [-0.4, -0.2) is 16.0 Å². The van der Waals surface area contributed by atoms with E-state index < -0.39 is 6.03 Å². The lowest BCUT2D eigenvalue weighted by molar-refractivity contribution is 0.259. The van der Waals surface area contributed by atoms with Crippen LogP contribution in [0.4, 0.5) is 14.9 Å². The first-order valence-corrected chi connectivity index (χ1v) is 6.87. The van der Waals surface area contributed by atoms with Crippen molar-refractivity contribution in [2.45, 2.75) is 0 Å². The first kappa shape index (κ1) is 14.6. The summed E-state index contributed by atoms with van der Waals surface area (Å²) >= 11 is 0. The molecular formula is C17H13FN4O. The number of anilines is 1. The van der Waals surface area contributed by atoms with Crippen LogP contribution in [0.25, 0.3) is 22.5 Å². The number of hydrogen-bond donors (Lipinski definition) is 2. The zero-order valence-corrected chi connectivity index (χ0v) is 12.0. The van der Waals surface area contributed by atoms with E-state index in [1.54, 1.807) is 18.2 Å². The van der Waals surface area contributed by atoms with Gasteiger partial charge in [-0.15, -0.1) is 0 Å². The van der Waals surface area contributed by atoms with Crippen LogP contribution >= 0.6 is 0 Å². The predicted octanol–water partition coefficient (Wildman–Crippen LogP) is 3.44. The van der Waals surface area contributed by atoms with Crippen LogP contribution in [0, 0.1) is 5.82 Å². The maximum atomic E-state index is 13.8. The molecule has 0 aliphatic heterocycles. The van der Waals surface area contributed by atoms with Gasteiger partial charge in [0.25, 0.3) is 0 Å². The number of carbonyl (C=O) groups is 1. The van der Waals surface area contributed by atoms with E-state index in [-0.39, 0.29) is 5.82 Å². The summed E-state index contributed by atoms with van der Waals surface area (Å²) in [5, 5.41) is 2.39. The molecule has 2 amide bonds. The Bertz CT molecular complexity index is 832. The monoisotopic (exact) mass is 308 g/mol. The second-order valence-electron chi connectivity index (χ2n) is 4.84.